The Bertz CT molecular complexity index is 606. The number of aromatic nitrogens is 2. The van der Waals surface area contributed by atoms with Gasteiger partial charge in [-0.1, -0.05) is 6.07 Å². The van der Waals surface area contributed by atoms with Crippen molar-refractivity contribution in [2.45, 2.75) is 25.1 Å². The maximum atomic E-state index is 11.9. The molecule has 0 saturated carbocycles. The van der Waals surface area contributed by atoms with E-state index in [9.17, 15) is 9.90 Å². The number of benzene rings is 1. The summed E-state index contributed by atoms with van der Waals surface area (Å²) in [6, 6.07) is 5.47. The minimum atomic E-state index is -0.423. The summed E-state index contributed by atoms with van der Waals surface area (Å²) in [6.07, 6.45) is 0.0501. The normalized spacial score (nSPS) is 21.6. The number of β-amino-alcohol motifs (C(OH)–C–C–N with tert-alkyl or cyclic N) is 1. The number of amides is 1. The Balaban J connectivity index is 0.00000147. The van der Waals surface area contributed by atoms with Gasteiger partial charge in [-0.25, -0.2) is 0 Å². The fourth-order valence-electron chi connectivity index (χ4n) is 2.17. The highest BCUT2D eigenvalue weighted by atomic mass is 35.5. The molecule has 1 aliphatic rings. The molecule has 1 aromatic carbocycles. The van der Waals surface area contributed by atoms with Crippen molar-refractivity contribution in [1.82, 2.24) is 19.4 Å². The Hall–Kier alpha value is -1.28. The van der Waals surface area contributed by atoms with E-state index in [1.54, 1.807) is 0 Å². The van der Waals surface area contributed by atoms with Crippen molar-refractivity contribution in [1.29, 1.82) is 0 Å². The lowest BCUT2D eigenvalue weighted by atomic mass is 10.1. The van der Waals surface area contributed by atoms with Crippen LogP contribution >= 0.6 is 24.1 Å². The van der Waals surface area contributed by atoms with Gasteiger partial charge in [-0.05, 0) is 24.1 Å². The molecule has 0 bridgehead atoms. The van der Waals surface area contributed by atoms with Gasteiger partial charge in [0, 0.05) is 13.1 Å². The maximum absolute atomic E-state index is 11.9. The molecule has 3 rings (SSSR count). The van der Waals surface area contributed by atoms with E-state index in [1.807, 2.05) is 18.2 Å². The van der Waals surface area contributed by atoms with Gasteiger partial charge in [0.25, 0.3) is 0 Å². The molecule has 1 saturated heterocycles. The topological polar surface area (TPSA) is 87.1 Å². The lowest BCUT2D eigenvalue weighted by molar-refractivity contribution is -0.123. The second kappa shape index (κ2) is 6.45. The molecule has 2 aromatic rings. The predicted molar refractivity (Wildman–Crippen MR) is 78.9 cm³/mol. The second-order valence-corrected chi connectivity index (χ2v) is 5.18. The number of nitrogens with one attached hydrogen (secondary N) is 2. The Morgan fingerprint density at radius 1 is 1.45 bits per heavy atom. The molecular formula is C12H15ClN4O2S. The summed E-state index contributed by atoms with van der Waals surface area (Å²) in [6.45, 7) is 0.940. The monoisotopic (exact) mass is 314 g/mol. The quantitative estimate of drug-likeness (QED) is 0.766. The molecule has 1 aromatic heterocycles. The third-order valence-electron chi connectivity index (χ3n) is 3.21. The van der Waals surface area contributed by atoms with Crippen LogP contribution in [0.1, 0.15) is 12.0 Å². The van der Waals surface area contributed by atoms with Crippen molar-refractivity contribution in [3.8, 4) is 0 Å². The number of fused-ring (bicyclic) bond motifs is 1. The van der Waals surface area contributed by atoms with E-state index in [-0.39, 0.29) is 24.4 Å². The first-order chi connectivity index (χ1) is 9.22. The van der Waals surface area contributed by atoms with Crippen LogP contribution in [0.2, 0.25) is 0 Å². The van der Waals surface area contributed by atoms with Crippen LogP contribution in [0, 0.1) is 0 Å². The van der Waals surface area contributed by atoms with Crippen molar-refractivity contribution in [3.63, 3.8) is 0 Å². The average molecular weight is 315 g/mol. The van der Waals surface area contributed by atoms with E-state index in [2.05, 4.69) is 19.4 Å². The number of hydrogen-bond donors (Lipinski definition) is 3. The Labute approximate surface area is 126 Å². The molecule has 0 aliphatic carbocycles. The van der Waals surface area contributed by atoms with Crippen LogP contribution in [-0.2, 0) is 11.3 Å². The van der Waals surface area contributed by atoms with Gasteiger partial charge in [-0.2, -0.15) is 8.75 Å². The van der Waals surface area contributed by atoms with Crippen molar-refractivity contribution in [2.75, 3.05) is 6.54 Å². The largest absolute Gasteiger partial charge is 0.392 e. The number of carbonyl (C=O) groups is 1. The zero-order valence-corrected chi connectivity index (χ0v) is 12.2. The molecule has 0 radical (unpaired) electrons. The van der Waals surface area contributed by atoms with Gasteiger partial charge in [0.2, 0.25) is 5.91 Å². The first-order valence-corrected chi connectivity index (χ1v) is 6.86. The summed E-state index contributed by atoms with van der Waals surface area (Å²) >= 11 is 1.18. The van der Waals surface area contributed by atoms with Crippen molar-refractivity contribution < 1.29 is 9.90 Å². The van der Waals surface area contributed by atoms with Gasteiger partial charge in [0.1, 0.15) is 11.0 Å². The van der Waals surface area contributed by atoms with Crippen LogP contribution in [0.4, 0.5) is 0 Å². The average Bonchev–Trinajstić information content (AvgIpc) is 3.03. The fraction of sp³-hybridized carbons (Fsp3) is 0.417. The van der Waals surface area contributed by atoms with Crippen molar-refractivity contribution in [2.24, 2.45) is 0 Å². The van der Waals surface area contributed by atoms with E-state index in [1.165, 1.54) is 11.7 Å². The van der Waals surface area contributed by atoms with Crippen molar-refractivity contribution in [3.05, 3.63) is 23.8 Å². The molecule has 108 valence electrons. The van der Waals surface area contributed by atoms with E-state index in [4.69, 9.17) is 0 Å². The van der Waals surface area contributed by atoms with Crippen LogP contribution in [-0.4, -0.2) is 38.5 Å². The van der Waals surface area contributed by atoms with Gasteiger partial charge in [0.05, 0.1) is 23.9 Å². The number of aliphatic hydroxyl groups excluding tert-OH is 1. The molecule has 0 spiro atoms. The third kappa shape index (κ3) is 3.24. The van der Waals surface area contributed by atoms with Gasteiger partial charge < -0.3 is 15.7 Å². The summed E-state index contributed by atoms with van der Waals surface area (Å²) in [5, 5.41) is 15.2. The van der Waals surface area contributed by atoms with Gasteiger partial charge in [-0.15, -0.1) is 12.4 Å². The number of rotatable bonds is 3. The van der Waals surface area contributed by atoms with Crippen LogP contribution in [0.15, 0.2) is 18.2 Å². The Kier molecular flexibility index (Phi) is 4.87. The summed E-state index contributed by atoms with van der Waals surface area (Å²) in [7, 11) is 0. The first kappa shape index (κ1) is 15.1. The molecule has 1 aliphatic heterocycles. The molecular weight excluding hydrogens is 300 g/mol. The zero-order chi connectivity index (χ0) is 13.2. The van der Waals surface area contributed by atoms with Gasteiger partial charge in [-0.3, -0.25) is 4.79 Å². The Morgan fingerprint density at radius 3 is 3.00 bits per heavy atom. The molecule has 2 atom stereocenters. The SMILES string of the molecule is Cl.O=C(NCc1ccc2nsnc2c1)[C@@H]1C[C@@H](O)CN1. The molecule has 8 heteroatoms. The molecule has 1 fully saturated rings. The molecule has 3 N–H and O–H groups in total. The number of halogens is 1. The molecule has 0 unspecified atom stereocenters. The standard InChI is InChI=1S/C12H14N4O2S.ClH/c17-8-4-11(13-6-8)12(18)14-5-7-1-2-9-10(3-7)16-19-15-9;/h1-3,8,11,13,17H,4-6H2,(H,14,18);1H/t8-,11+;/m1./s1. The molecule has 1 amide bonds. The van der Waals surface area contributed by atoms with E-state index < -0.39 is 6.10 Å². The van der Waals surface area contributed by atoms with Gasteiger partial charge in [0.15, 0.2) is 0 Å². The minimum Gasteiger partial charge on any atom is -0.392 e. The number of carbonyl (C=O) groups excluding carboxylic acids is 1. The minimum absolute atomic E-state index is 0. The van der Waals surface area contributed by atoms with E-state index in [0.29, 0.717) is 19.5 Å². The smallest absolute Gasteiger partial charge is 0.237 e. The number of nitrogens with zero attached hydrogens (tertiary/aromatic N) is 2. The van der Waals surface area contributed by atoms with Gasteiger partial charge >= 0.3 is 0 Å². The Morgan fingerprint density at radius 2 is 2.25 bits per heavy atom. The number of aliphatic hydroxyl groups is 1. The molecule has 6 nitrogen and oxygen atoms in total. The third-order valence-corrected chi connectivity index (χ3v) is 3.77. The highest BCUT2D eigenvalue weighted by Crippen LogP contribution is 2.13. The summed E-state index contributed by atoms with van der Waals surface area (Å²) in [5.74, 6) is -0.0759. The van der Waals surface area contributed by atoms with Crippen LogP contribution in [0.3, 0.4) is 0 Å². The van der Waals surface area contributed by atoms with Crippen LogP contribution < -0.4 is 10.6 Å². The number of hydrogen-bond acceptors (Lipinski definition) is 6. The second-order valence-electron chi connectivity index (χ2n) is 4.66. The van der Waals surface area contributed by atoms with Crippen LogP contribution in [0.25, 0.3) is 11.0 Å². The maximum Gasteiger partial charge on any atom is 0.237 e. The lowest BCUT2D eigenvalue weighted by Crippen LogP contribution is -2.39. The summed E-state index contributed by atoms with van der Waals surface area (Å²) in [4.78, 5) is 11.9. The predicted octanol–water partition coefficient (Wildman–Crippen LogP) is 0.452. The lowest BCUT2D eigenvalue weighted by Gasteiger charge is -2.10. The van der Waals surface area contributed by atoms with Crippen molar-refractivity contribution >= 4 is 41.1 Å². The fourth-order valence-corrected chi connectivity index (χ4v) is 2.68. The first-order valence-electron chi connectivity index (χ1n) is 6.13. The highest BCUT2D eigenvalue weighted by Gasteiger charge is 2.27. The highest BCUT2D eigenvalue weighted by molar-refractivity contribution is 7.00. The van der Waals surface area contributed by atoms with Crippen LogP contribution in [0.5, 0.6) is 0 Å². The molecule has 2 heterocycles. The van der Waals surface area contributed by atoms with E-state index >= 15 is 0 Å². The summed E-state index contributed by atoms with van der Waals surface area (Å²) < 4.78 is 8.30. The van der Waals surface area contributed by atoms with E-state index in [0.717, 1.165) is 16.6 Å². The summed E-state index contributed by atoms with van der Waals surface area (Å²) in [5.41, 5.74) is 2.72. The zero-order valence-electron chi connectivity index (χ0n) is 10.6. The molecule has 20 heavy (non-hydrogen) atoms.